The summed E-state index contributed by atoms with van der Waals surface area (Å²) in [6, 6.07) is 7.89. The molecule has 1 saturated carbocycles. The molecular formula is C11H10ClNO. The van der Waals surface area contributed by atoms with Crippen LogP contribution in [0, 0.1) is 5.92 Å². The van der Waals surface area contributed by atoms with Gasteiger partial charge < -0.3 is 5.32 Å². The third kappa shape index (κ3) is 0.800. The van der Waals surface area contributed by atoms with Gasteiger partial charge in [-0.05, 0) is 24.0 Å². The number of rotatable bonds is 1. The summed E-state index contributed by atoms with van der Waals surface area (Å²) in [5.41, 5.74) is 1.82. The summed E-state index contributed by atoms with van der Waals surface area (Å²) in [7, 11) is 0. The maximum absolute atomic E-state index is 11.8. The molecule has 1 aliphatic carbocycles. The van der Waals surface area contributed by atoms with Crippen LogP contribution in [0.4, 0.5) is 5.69 Å². The van der Waals surface area contributed by atoms with E-state index in [9.17, 15) is 4.79 Å². The molecule has 1 N–H and O–H groups in total. The highest BCUT2D eigenvalue weighted by atomic mass is 35.5. The third-order valence-electron chi connectivity index (χ3n) is 3.35. The Morgan fingerprint density at radius 2 is 2.29 bits per heavy atom. The van der Waals surface area contributed by atoms with E-state index in [1.807, 2.05) is 24.3 Å². The number of benzene rings is 1. The summed E-state index contributed by atoms with van der Waals surface area (Å²) in [4.78, 5) is 11.8. The lowest BCUT2D eigenvalue weighted by Gasteiger charge is -2.05. The zero-order valence-electron chi connectivity index (χ0n) is 7.59. The van der Waals surface area contributed by atoms with Crippen molar-refractivity contribution in [3.05, 3.63) is 29.8 Å². The molecule has 72 valence electrons. The summed E-state index contributed by atoms with van der Waals surface area (Å²) >= 11 is 5.82. The zero-order chi connectivity index (χ0) is 9.76. The number of hydrogen-bond donors (Lipinski definition) is 1. The second-order valence-electron chi connectivity index (χ2n) is 4.03. The van der Waals surface area contributed by atoms with Crippen LogP contribution in [-0.2, 0) is 10.2 Å². The van der Waals surface area contributed by atoms with Crippen LogP contribution in [0.1, 0.15) is 12.0 Å². The largest absolute Gasteiger partial charge is 0.325 e. The van der Waals surface area contributed by atoms with Gasteiger partial charge in [0, 0.05) is 11.6 Å². The minimum absolute atomic E-state index is 0.129. The first-order chi connectivity index (χ1) is 6.79. The van der Waals surface area contributed by atoms with E-state index >= 15 is 0 Å². The Morgan fingerprint density at radius 3 is 3.00 bits per heavy atom. The lowest BCUT2D eigenvalue weighted by atomic mass is 9.95. The monoisotopic (exact) mass is 207 g/mol. The van der Waals surface area contributed by atoms with Gasteiger partial charge in [0.05, 0.1) is 5.41 Å². The summed E-state index contributed by atoms with van der Waals surface area (Å²) in [6.07, 6.45) is 0.902. The van der Waals surface area contributed by atoms with Gasteiger partial charge >= 0.3 is 0 Å². The van der Waals surface area contributed by atoms with Crippen molar-refractivity contribution in [2.45, 2.75) is 11.8 Å². The standard InChI is InChI=1S/C11H10ClNO/c12-6-7-5-11(7)8-3-1-2-4-9(8)13-10(11)14/h1-4,7H,5-6H2,(H,13,14)/t7-,11+/m1/s1. The first-order valence-electron chi connectivity index (χ1n) is 4.76. The minimum atomic E-state index is -0.279. The van der Waals surface area contributed by atoms with Crippen LogP contribution in [0.15, 0.2) is 24.3 Å². The van der Waals surface area contributed by atoms with Crippen LogP contribution in [0.3, 0.4) is 0 Å². The van der Waals surface area contributed by atoms with E-state index in [4.69, 9.17) is 11.6 Å². The van der Waals surface area contributed by atoms with Crippen LogP contribution < -0.4 is 5.32 Å². The van der Waals surface area contributed by atoms with E-state index in [2.05, 4.69) is 5.32 Å². The van der Waals surface area contributed by atoms with Crippen molar-refractivity contribution in [3.8, 4) is 0 Å². The van der Waals surface area contributed by atoms with Crippen molar-refractivity contribution in [2.75, 3.05) is 11.2 Å². The highest BCUT2D eigenvalue weighted by Gasteiger charge is 2.63. The second kappa shape index (κ2) is 2.51. The lowest BCUT2D eigenvalue weighted by Crippen LogP contribution is -2.21. The fourth-order valence-corrected chi connectivity index (χ4v) is 2.83. The van der Waals surface area contributed by atoms with Crippen molar-refractivity contribution in [2.24, 2.45) is 5.92 Å². The molecule has 1 aromatic carbocycles. The van der Waals surface area contributed by atoms with Crippen LogP contribution >= 0.6 is 11.6 Å². The van der Waals surface area contributed by atoms with E-state index < -0.39 is 0 Å². The molecule has 1 fully saturated rings. The van der Waals surface area contributed by atoms with E-state index in [1.54, 1.807) is 0 Å². The van der Waals surface area contributed by atoms with Crippen molar-refractivity contribution in [3.63, 3.8) is 0 Å². The average molecular weight is 208 g/mol. The molecular weight excluding hydrogens is 198 g/mol. The zero-order valence-corrected chi connectivity index (χ0v) is 8.34. The molecule has 0 radical (unpaired) electrons. The van der Waals surface area contributed by atoms with E-state index in [1.165, 1.54) is 0 Å². The van der Waals surface area contributed by atoms with Crippen LogP contribution in [-0.4, -0.2) is 11.8 Å². The number of nitrogens with one attached hydrogen (secondary N) is 1. The topological polar surface area (TPSA) is 29.1 Å². The number of anilines is 1. The molecule has 0 bridgehead atoms. The molecule has 2 atom stereocenters. The molecule has 0 unspecified atom stereocenters. The Bertz CT molecular complexity index is 418. The van der Waals surface area contributed by atoms with E-state index in [0.717, 1.165) is 17.7 Å². The van der Waals surface area contributed by atoms with Gasteiger partial charge in [0.15, 0.2) is 0 Å². The van der Waals surface area contributed by atoms with Gasteiger partial charge in [0.1, 0.15) is 0 Å². The van der Waals surface area contributed by atoms with E-state index in [-0.39, 0.29) is 11.3 Å². The predicted octanol–water partition coefficient (Wildman–Crippen LogP) is 2.14. The summed E-state index contributed by atoms with van der Waals surface area (Å²) < 4.78 is 0. The molecule has 1 aromatic rings. The molecule has 1 aliphatic heterocycles. The molecule has 1 amide bonds. The molecule has 3 heteroatoms. The third-order valence-corrected chi connectivity index (χ3v) is 3.73. The Labute approximate surface area is 87.3 Å². The number of fused-ring (bicyclic) bond motifs is 2. The van der Waals surface area contributed by atoms with Crippen LogP contribution in [0.5, 0.6) is 0 Å². The van der Waals surface area contributed by atoms with Gasteiger partial charge in [-0.3, -0.25) is 4.79 Å². The van der Waals surface area contributed by atoms with Gasteiger partial charge in [0.2, 0.25) is 5.91 Å². The highest BCUT2D eigenvalue weighted by Crippen LogP contribution is 2.60. The fraction of sp³-hybridized carbons (Fsp3) is 0.364. The normalized spacial score (nSPS) is 32.9. The Kier molecular flexibility index (Phi) is 1.49. The van der Waals surface area contributed by atoms with Crippen molar-refractivity contribution >= 4 is 23.2 Å². The van der Waals surface area contributed by atoms with Crippen molar-refractivity contribution < 1.29 is 4.79 Å². The van der Waals surface area contributed by atoms with E-state index in [0.29, 0.717) is 11.8 Å². The SMILES string of the molecule is O=C1Nc2ccccc2[C@@]12C[C@@H]2CCl. The van der Waals surface area contributed by atoms with Gasteiger partial charge in [0.25, 0.3) is 0 Å². The van der Waals surface area contributed by atoms with Gasteiger partial charge in [-0.15, -0.1) is 11.6 Å². The molecule has 2 aliphatic rings. The van der Waals surface area contributed by atoms with Gasteiger partial charge in [-0.1, -0.05) is 18.2 Å². The quantitative estimate of drug-likeness (QED) is 0.703. The van der Waals surface area contributed by atoms with Gasteiger partial charge in [-0.25, -0.2) is 0 Å². The maximum Gasteiger partial charge on any atom is 0.235 e. The number of carbonyl (C=O) groups is 1. The smallest absolute Gasteiger partial charge is 0.235 e. The number of halogens is 1. The Balaban J connectivity index is 2.13. The molecule has 1 spiro atoms. The van der Waals surface area contributed by atoms with Crippen molar-refractivity contribution in [1.82, 2.24) is 0 Å². The number of hydrogen-bond acceptors (Lipinski definition) is 1. The Hall–Kier alpha value is -1.02. The molecule has 0 saturated heterocycles. The fourth-order valence-electron chi connectivity index (χ4n) is 2.46. The molecule has 3 rings (SSSR count). The van der Waals surface area contributed by atoms with Gasteiger partial charge in [-0.2, -0.15) is 0 Å². The van der Waals surface area contributed by atoms with Crippen molar-refractivity contribution in [1.29, 1.82) is 0 Å². The first-order valence-corrected chi connectivity index (χ1v) is 5.29. The summed E-state index contributed by atoms with van der Waals surface area (Å²) in [5, 5.41) is 2.92. The number of para-hydroxylation sites is 1. The lowest BCUT2D eigenvalue weighted by molar-refractivity contribution is -0.118. The first kappa shape index (κ1) is 8.30. The minimum Gasteiger partial charge on any atom is -0.325 e. The molecule has 14 heavy (non-hydrogen) atoms. The Morgan fingerprint density at radius 1 is 1.50 bits per heavy atom. The molecule has 2 nitrogen and oxygen atoms in total. The summed E-state index contributed by atoms with van der Waals surface area (Å²) in [6.45, 7) is 0. The number of amides is 1. The average Bonchev–Trinajstić information content (AvgIpc) is 2.87. The number of carbonyl (C=O) groups excluding carboxylic acids is 1. The maximum atomic E-state index is 11.8. The molecule has 0 aromatic heterocycles. The van der Waals surface area contributed by atoms with Crippen LogP contribution in [0.25, 0.3) is 0 Å². The molecule has 1 heterocycles. The number of alkyl halides is 1. The van der Waals surface area contributed by atoms with Crippen LogP contribution in [0.2, 0.25) is 0 Å². The predicted molar refractivity (Wildman–Crippen MR) is 55.6 cm³/mol. The second-order valence-corrected chi connectivity index (χ2v) is 4.34. The summed E-state index contributed by atoms with van der Waals surface area (Å²) in [5.74, 6) is 1.03. The highest BCUT2D eigenvalue weighted by molar-refractivity contribution is 6.19.